The molecule has 0 saturated heterocycles. The van der Waals surface area contributed by atoms with Crippen LogP contribution >= 0.6 is 0 Å². The van der Waals surface area contributed by atoms with Crippen LogP contribution < -0.4 is 10.5 Å². The zero-order valence-electron chi connectivity index (χ0n) is 10.6. The number of nitrogens with one attached hydrogen (secondary N) is 1. The van der Waals surface area contributed by atoms with Crippen LogP contribution in [0.5, 0.6) is 0 Å². The molecule has 4 nitrogen and oxygen atoms in total. The largest absolute Gasteiger partial charge is 0.398 e. The highest BCUT2D eigenvalue weighted by Gasteiger charge is 2.18. The number of halogens is 3. The average Bonchev–Trinajstić information content (AvgIpc) is 2.37. The lowest BCUT2D eigenvalue weighted by molar-refractivity contribution is 0.562. The zero-order chi connectivity index (χ0) is 15.6. The molecule has 0 fully saturated rings. The van der Waals surface area contributed by atoms with E-state index >= 15 is 0 Å². The topological polar surface area (TPSA) is 72.2 Å². The molecule has 0 aliphatic rings. The van der Waals surface area contributed by atoms with Gasteiger partial charge in [0, 0.05) is 18.2 Å². The Morgan fingerprint density at radius 2 is 1.62 bits per heavy atom. The fraction of sp³-hybridized carbons (Fsp3) is 0.0769. The van der Waals surface area contributed by atoms with Crippen molar-refractivity contribution in [3.05, 3.63) is 59.4 Å². The Morgan fingerprint density at radius 1 is 1.00 bits per heavy atom. The molecule has 0 amide bonds. The Bertz CT molecular complexity index is 779. The Labute approximate surface area is 119 Å². The molecule has 0 bridgehead atoms. The number of rotatable bonds is 4. The normalized spacial score (nSPS) is 11.6. The second kappa shape index (κ2) is 5.74. The third-order valence-corrected chi connectivity index (χ3v) is 4.20. The van der Waals surface area contributed by atoms with E-state index in [1.54, 1.807) is 0 Å². The number of hydrogen-bond donors (Lipinski definition) is 2. The molecule has 0 aliphatic carbocycles. The number of anilines is 1. The minimum atomic E-state index is -4.03. The summed E-state index contributed by atoms with van der Waals surface area (Å²) in [4.78, 5) is -0.314. The molecule has 0 aromatic heterocycles. The molecule has 8 heteroatoms. The van der Waals surface area contributed by atoms with Crippen molar-refractivity contribution >= 4 is 15.7 Å². The van der Waals surface area contributed by atoms with Gasteiger partial charge >= 0.3 is 0 Å². The zero-order valence-corrected chi connectivity index (χ0v) is 11.4. The van der Waals surface area contributed by atoms with E-state index in [1.165, 1.54) is 0 Å². The van der Waals surface area contributed by atoms with Gasteiger partial charge in [-0.1, -0.05) is 6.07 Å². The minimum absolute atomic E-state index is 0.0272. The Hall–Kier alpha value is -2.06. The highest BCUT2D eigenvalue weighted by Crippen LogP contribution is 2.19. The Balaban J connectivity index is 2.22. The maximum absolute atomic E-state index is 13.4. The van der Waals surface area contributed by atoms with E-state index in [-0.39, 0.29) is 22.7 Å². The van der Waals surface area contributed by atoms with Gasteiger partial charge in [0.2, 0.25) is 10.0 Å². The summed E-state index contributed by atoms with van der Waals surface area (Å²) in [6.07, 6.45) is 0. The quantitative estimate of drug-likeness (QED) is 0.849. The molecule has 112 valence electrons. The number of hydrogen-bond acceptors (Lipinski definition) is 3. The van der Waals surface area contributed by atoms with Gasteiger partial charge in [-0.05, 0) is 24.3 Å². The number of benzene rings is 2. The third-order valence-electron chi connectivity index (χ3n) is 2.73. The maximum Gasteiger partial charge on any atom is 0.242 e. The molecule has 2 aromatic carbocycles. The summed E-state index contributed by atoms with van der Waals surface area (Å²) in [5.41, 5.74) is 5.15. The van der Waals surface area contributed by atoms with Gasteiger partial charge in [-0.15, -0.1) is 0 Å². The van der Waals surface area contributed by atoms with Gasteiger partial charge in [-0.2, -0.15) is 0 Å². The molecule has 0 spiro atoms. The second-order valence-electron chi connectivity index (χ2n) is 4.24. The van der Waals surface area contributed by atoms with Crippen LogP contribution in [-0.4, -0.2) is 8.42 Å². The van der Waals surface area contributed by atoms with Gasteiger partial charge in [0.1, 0.15) is 22.3 Å². The van der Waals surface area contributed by atoms with E-state index in [9.17, 15) is 21.6 Å². The van der Waals surface area contributed by atoms with Crippen molar-refractivity contribution < 1.29 is 21.6 Å². The van der Waals surface area contributed by atoms with Crippen LogP contribution in [0.25, 0.3) is 0 Å². The number of nitrogen functional groups attached to an aromatic ring is 1. The molecule has 0 heterocycles. The summed E-state index contributed by atoms with van der Waals surface area (Å²) in [6, 6.07) is 5.61. The van der Waals surface area contributed by atoms with Crippen LogP contribution in [0.4, 0.5) is 18.9 Å². The molecule has 2 rings (SSSR count). The van der Waals surface area contributed by atoms with Crippen molar-refractivity contribution in [2.24, 2.45) is 0 Å². The molecule has 3 N–H and O–H groups in total. The molecule has 0 saturated carbocycles. The molecule has 21 heavy (non-hydrogen) atoms. The number of nitrogens with two attached hydrogens (primary N) is 1. The summed E-state index contributed by atoms with van der Waals surface area (Å²) in [6.45, 7) is -0.384. The van der Waals surface area contributed by atoms with Crippen molar-refractivity contribution in [2.75, 3.05) is 5.73 Å². The van der Waals surface area contributed by atoms with E-state index < -0.39 is 27.5 Å². The molecular weight excluding hydrogens is 305 g/mol. The lowest BCUT2D eigenvalue weighted by Crippen LogP contribution is -2.24. The van der Waals surface area contributed by atoms with Crippen LogP contribution in [-0.2, 0) is 16.6 Å². The van der Waals surface area contributed by atoms with Gasteiger partial charge in [0.05, 0.1) is 5.69 Å². The average molecular weight is 316 g/mol. The summed E-state index contributed by atoms with van der Waals surface area (Å²) in [5, 5.41) is 0. The fourth-order valence-electron chi connectivity index (χ4n) is 1.68. The Morgan fingerprint density at radius 3 is 2.24 bits per heavy atom. The van der Waals surface area contributed by atoms with Crippen LogP contribution in [0.2, 0.25) is 0 Å². The highest BCUT2D eigenvalue weighted by molar-refractivity contribution is 7.89. The molecule has 0 unspecified atom stereocenters. The van der Waals surface area contributed by atoms with Crippen molar-refractivity contribution in [3.8, 4) is 0 Å². The molecular formula is C13H11F3N2O2S. The molecule has 0 aliphatic heterocycles. The Kier molecular flexibility index (Phi) is 4.19. The van der Waals surface area contributed by atoms with E-state index in [2.05, 4.69) is 4.72 Å². The van der Waals surface area contributed by atoms with E-state index in [0.29, 0.717) is 6.07 Å². The molecule has 0 radical (unpaired) electrons. The van der Waals surface area contributed by atoms with Crippen LogP contribution in [0.15, 0.2) is 41.3 Å². The monoisotopic (exact) mass is 316 g/mol. The maximum atomic E-state index is 13.4. The van der Waals surface area contributed by atoms with Crippen molar-refractivity contribution in [1.29, 1.82) is 0 Å². The molecule has 0 atom stereocenters. The number of sulfonamides is 1. The summed E-state index contributed by atoms with van der Waals surface area (Å²) in [7, 11) is -4.03. The smallest absolute Gasteiger partial charge is 0.242 e. The fourth-order valence-corrected chi connectivity index (χ4v) is 2.80. The molecule has 2 aromatic rings. The van der Waals surface area contributed by atoms with Crippen molar-refractivity contribution in [1.82, 2.24) is 4.72 Å². The first-order valence-electron chi connectivity index (χ1n) is 5.78. The van der Waals surface area contributed by atoms with Crippen molar-refractivity contribution in [3.63, 3.8) is 0 Å². The minimum Gasteiger partial charge on any atom is -0.398 e. The third kappa shape index (κ3) is 3.53. The van der Waals surface area contributed by atoms with Crippen LogP contribution in [0.1, 0.15) is 5.56 Å². The summed E-state index contributed by atoms with van der Waals surface area (Å²) < 4.78 is 65.2. The standard InChI is InChI=1S/C13H11F3N2O2S/c14-9-2-1-8(11(16)5-9)7-18-21(19,20)13-4-3-10(15)6-12(13)17/h1-6,18H,7,17H2. The predicted molar refractivity (Wildman–Crippen MR) is 71.2 cm³/mol. The van der Waals surface area contributed by atoms with Gasteiger partial charge in [0.25, 0.3) is 0 Å². The van der Waals surface area contributed by atoms with Gasteiger partial charge in [-0.3, -0.25) is 0 Å². The second-order valence-corrected chi connectivity index (χ2v) is 5.98. The summed E-state index contributed by atoms with van der Waals surface area (Å²) in [5.74, 6) is -2.30. The SMILES string of the molecule is Nc1cc(F)ccc1S(=O)(=O)NCc1ccc(F)cc1F. The van der Waals surface area contributed by atoms with Crippen LogP contribution in [0.3, 0.4) is 0 Å². The van der Waals surface area contributed by atoms with E-state index in [1.807, 2.05) is 0 Å². The van der Waals surface area contributed by atoms with Crippen LogP contribution in [0, 0.1) is 17.5 Å². The van der Waals surface area contributed by atoms with Gasteiger partial charge < -0.3 is 5.73 Å². The van der Waals surface area contributed by atoms with E-state index in [0.717, 1.165) is 30.3 Å². The highest BCUT2D eigenvalue weighted by atomic mass is 32.2. The first kappa shape index (κ1) is 15.3. The lowest BCUT2D eigenvalue weighted by Gasteiger charge is -2.09. The predicted octanol–water partition coefficient (Wildman–Crippen LogP) is 2.16. The van der Waals surface area contributed by atoms with Crippen molar-refractivity contribution in [2.45, 2.75) is 11.4 Å². The van der Waals surface area contributed by atoms with E-state index in [4.69, 9.17) is 5.73 Å². The first-order valence-corrected chi connectivity index (χ1v) is 7.26. The summed E-state index contributed by atoms with van der Waals surface area (Å²) >= 11 is 0. The van der Waals surface area contributed by atoms with Gasteiger partial charge in [0.15, 0.2) is 0 Å². The lowest BCUT2D eigenvalue weighted by atomic mass is 10.2. The van der Waals surface area contributed by atoms with Gasteiger partial charge in [-0.25, -0.2) is 26.3 Å². The first-order chi connectivity index (χ1) is 9.79.